The molecule has 108 valence electrons. The van der Waals surface area contributed by atoms with Crippen LogP contribution in [-0.4, -0.2) is 30.4 Å². The van der Waals surface area contributed by atoms with E-state index in [0.717, 1.165) is 38.8 Å². The molecule has 0 spiro atoms. The van der Waals surface area contributed by atoms with Gasteiger partial charge in [0.05, 0.1) is 0 Å². The van der Waals surface area contributed by atoms with Gasteiger partial charge >= 0.3 is 0 Å². The molecule has 3 nitrogen and oxygen atoms in total. The van der Waals surface area contributed by atoms with E-state index in [-0.39, 0.29) is 0 Å². The minimum Gasteiger partial charge on any atom is -0.343 e. The summed E-state index contributed by atoms with van der Waals surface area (Å²) in [6.45, 7) is 11.3. The van der Waals surface area contributed by atoms with Gasteiger partial charge in [-0.2, -0.15) is 0 Å². The molecular weight excluding hydrogens is 224 g/mol. The molecule has 0 aromatic rings. The van der Waals surface area contributed by atoms with Crippen LogP contribution in [0.25, 0.3) is 0 Å². The lowest BCUT2D eigenvalue weighted by Crippen LogP contribution is -2.34. The van der Waals surface area contributed by atoms with E-state index in [1.54, 1.807) is 0 Å². The normalized spacial score (nSPS) is 11.3. The SMILES string of the molecule is CC(C)CCN(CCC(C)C)C(=O)CCCCN. The molecule has 3 heteroatoms. The molecule has 18 heavy (non-hydrogen) atoms. The Kier molecular flexibility index (Phi) is 10.0. The van der Waals surface area contributed by atoms with Gasteiger partial charge in [-0.05, 0) is 44.1 Å². The maximum absolute atomic E-state index is 12.1. The number of nitrogens with two attached hydrogens (primary N) is 1. The van der Waals surface area contributed by atoms with Gasteiger partial charge < -0.3 is 10.6 Å². The van der Waals surface area contributed by atoms with Gasteiger partial charge in [-0.3, -0.25) is 4.79 Å². The average molecular weight is 256 g/mol. The second kappa shape index (κ2) is 10.4. The number of hydrogen-bond acceptors (Lipinski definition) is 2. The number of hydrogen-bond donors (Lipinski definition) is 1. The largest absolute Gasteiger partial charge is 0.343 e. The minimum atomic E-state index is 0.310. The summed E-state index contributed by atoms with van der Waals surface area (Å²) in [4.78, 5) is 14.2. The molecule has 0 aliphatic rings. The molecular formula is C15H32N2O. The summed E-state index contributed by atoms with van der Waals surface area (Å²) in [5.74, 6) is 1.62. The lowest BCUT2D eigenvalue weighted by Gasteiger charge is -2.24. The predicted molar refractivity (Wildman–Crippen MR) is 78.4 cm³/mol. The van der Waals surface area contributed by atoms with Gasteiger partial charge in [0.15, 0.2) is 0 Å². The second-order valence-corrected chi connectivity index (χ2v) is 5.99. The number of rotatable bonds is 10. The maximum atomic E-state index is 12.1. The molecule has 1 amide bonds. The third-order valence-electron chi connectivity index (χ3n) is 3.15. The summed E-state index contributed by atoms with van der Waals surface area (Å²) >= 11 is 0. The highest BCUT2D eigenvalue weighted by Crippen LogP contribution is 2.09. The molecule has 0 rings (SSSR count). The Morgan fingerprint density at radius 1 is 1.00 bits per heavy atom. The van der Waals surface area contributed by atoms with E-state index in [1.807, 2.05) is 0 Å². The van der Waals surface area contributed by atoms with Crippen molar-refractivity contribution in [1.29, 1.82) is 0 Å². The molecule has 0 bridgehead atoms. The Bertz CT molecular complexity index is 203. The highest BCUT2D eigenvalue weighted by Gasteiger charge is 2.13. The van der Waals surface area contributed by atoms with Gasteiger partial charge in [0.1, 0.15) is 0 Å². The van der Waals surface area contributed by atoms with Crippen molar-refractivity contribution < 1.29 is 4.79 Å². The molecule has 0 aliphatic carbocycles. The summed E-state index contributed by atoms with van der Waals surface area (Å²) in [7, 11) is 0. The fraction of sp³-hybridized carbons (Fsp3) is 0.933. The van der Waals surface area contributed by atoms with Crippen LogP contribution in [0.5, 0.6) is 0 Å². The van der Waals surface area contributed by atoms with Crippen LogP contribution >= 0.6 is 0 Å². The van der Waals surface area contributed by atoms with Crippen molar-refractivity contribution in [3.05, 3.63) is 0 Å². The Hall–Kier alpha value is -0.570. The number of amides is 1. The Balaban J connectivity index is 4.11. The van der Waals surface area contributed by atoms with Gasteiger partial charge in [-0.1, -0.05) is 27.7 Å². The quantitative estimate of drug-likeness (QED) is 0.611. The highest BCUT2D eigenvalue weighted by atomic mass is 16.2. The third kappa shape index (κ3) is 9.46. The summed E-state index contributed by atoms with van der Waals surface area (Å²) in [5.41, 5.74) is 5.46. The lowest BCUT2D eigenvalue weighted by atomic mass is 10.1. The maximum Gasteiger partial charge on any atom is 0.222 e. The zero-order chi connectivity index (χ0) is 14.0. The summed E-state index contributed by atoms with van der Waals surface area (Å²) in [5, 5.41) is 0. The summed E-state index contributed by atoms with van der Waals surface area (Å²) in [6.07, 6.45) is 4.73. The smallest absolute Gasteiger partial charge is 0.222 e. The minimum absolute atomic E-state index is 0.310. The van der Waals surface area contributed by atoms with Crippen LogP contribution in [0.1, 0.15) is 59.8 Å². The Labute approximate surface area is 113 Å². The van der Waals surface area contributed by atoms with Crippen molar-refractivity contribution in [2.75, 3.05) is 19.6 Å². The van der Waals surface area contributed by atoms with Crippen molar-refractivity contribution in [2.45, 2.75) is 59.8 Å². The summed E-state index contributed by atoms with van der Waals surface area (Å²) in [6, 6.07) is 0. The van der Waals surface area contributed by atoms with Crippen LogP contribution in [0.15, 0.2) is 0 Å². The van der Waals surface area contributed by atoms with Gasteiger partial charge in [0, 0.05) is 19.5 Å². The van der Waals surface area contributed by atoms with E-state index in [0.29, 0.717) is 30.7 Å². The second-order valence-electron chi connectivity index (χ2n) is 5.99. The molecule has 0 heterocycles. The standard InChI is InChI=1S/C15H32N2O/c1-13(2)8-11-17(12-9-14(3)4)15(18)7-5-6-10-16/h13-14H,5-12,16H2,1-4H3. The van der Waals surface area contributed by atoms with Crippen LogP contribution < -0.4 is 5.73 Å². The van der Waals surface area contributed by atoms with E-state index in [1.165, 1.54) is 0 Å². The summed E-state index contributed by atoms with van der Waals surface area (Å²) < 4.78 is 0. The van der Waals surface area contributed by atoms with Gasteiger partial charge in [-0.25, -0.2) is 0 Å². The van der Waals surface area contributed by atoms with E-state index >= 15 is 0 Å². The first-order valence-corrected chi connectivity index (χ1v) is 7.45. The number of carbonyl (C=O) groups is 1. The molecule has 0 fully saturated rings. The van der Waals surface area contributed by atoms with Crippen LogP contribution in [0.3, 0.4) is 0 Å². The number of nitrogens with zero attached hydrogens (tertiary/aromatic N) is 1. The highest BCUT2D eigenvalue weighted by molar-refractivity contribution is 5.76. The van der Waals surface area contributed by atoms with Crippen LogP contribution in [0.2, 0.25) is 0 Å². The number of unbranched alkanes of at least 4 members (excludes halogenated alkanes) is 1. The molecule has 0 saturated heterocycles. The molecule has 2 N–H and O–H groups in total. The lowest BCUT2D eigenvalue weighted by molar-refractivity contribution is -0.131. The van der Waals surface area contributed by atoms with Crippen molar-refractivity contribution in [3.63, 3.8) is 0 Å². The van der Waals surface area contributed by atoms with E-state index in [9.17, 15) is 4.79 Å². The van der Waals surface area contributed by atoms with Gasteiger partial charge in [0.2, 0.25) is 5.91 Å². The fourth-order valence-electron chi connectivity index (χ4n) is 1.77. The van der Waals surface area contributed by atoms with E-state index in [4.69, 9.17) is 5.73 Å². The molecule has 0 saturated carbocycles. The molecule has 0 aliphatic heterocycles. The third-order valence-corrected chi connectivity index (χ3v) is 3.15. The molecule has 0 unspecified atom stereocenters. The Morgan fingerprint density at radius 3 is 1.89 bits per heavy atom. The zero-order valence-corrected chi connectivity index (χ0v) is 12.7. The Morgan fingerprint density at radius 2 is 1.50 bits per heavy atom. The van der Waals surface area contributed by atoms with Gasteiger partial charge in [-0.15, -0.1) is 0 Å². The van der Waals surface area contributed by atoms with Crippen molar-refractivity contribution in [2.24, 2.45) is 17.6 Å². The van der Waals surface area contributed by atoms with Crippen molar-refractivity contribution in [1.82, 2.24) is 4.90 Å². The van der Waals surface area contributed by atoms with Crippen molar-refractivity contribution in [3.8, 4) is 0 Å². The topological polar surface area (TPSA) is 46.3 Å². The predicted octanol–water partition coefficient (Wildman–Crippen LogP) is 3.04. The first kappa shape index (κ1) is 17.4. The van der Waals surface area contributed by atoms with E-state index < -0.39 is 0 Å². The monoisotopic (exact) mass is 256 g/mol. The van der Waals surface area contributed by atoms with Crippen LogP contribution in [0, 0.1) is 11.8 Å². The molecule has 0 aromatic heterocycles. The van der Waals surface area contributed by atoms with Crippen molar-refractivity contribution >= 4 is 5.91 Å². The molecule has 0 atom stereocenters. The molecule has 0 radical (unpaired) electrons. The van der Waals surface area contributed by atoms with Gasteiger partial charge in [0.25, 0.3) is 0 Å². The van der Waals surface area contributed by atoms with E-state index in [2.05, 4.69) is 32.6 Å². The molecule has 0 aromatic carbocycles. The van der Waals surface area contributed by atoms with Crippen LogP contribution in [-0.2, 0) is 4.79 Å². The first-order chi connectivity index (χ1) is 8.47. The fourth-order valence-corrected chi connectivity index (χ4v) is 1.77. The van der Waals surface area contributed by atoms with Crippen LogP contribution in [0.4, 0.5) is 0 Å². The first-order valence-electron chi connectivity index (χ1n) is 7.45. The average Bonchev–Trinajstić information content (AvgIpc) is 2.28. The zero-order valence-electron chi connectivity index (χ0n) is 12.7. The number of carbonyl (C=O) groups excluding carboxylic acids is 1.